The molecule has 1 aliphatic rings. The van der Waals surface area contributed by atoms with Crippen molar-refractivity contribution in [1.29, 1.82) is 0 Å². The van der Waals surface area contributed by atoms with Crippen LogP contribution in [0.5, 0.6) is 0 Å². The number of rotatable bonds is 8. The predicted octanol–water partition coefficient (Wildman–Crippen LogP) is 4.11. The minimum absolute atomic E-state index is 0.146. The molecule has 1 N–H and O–H groups in total. The molecule has 1 aliphatic carbocycles. The fourth-order valence-electron chi connectivity index (χ4n) is 3.23. The first-order chi connectivity index (χ1) is 13.2. The lowest BCUT2D eigenvalue weighted by Crippen LogP contribution is -2.29. The van der Waals surface area contributed by atoms with Gasteiger partial charge in [0.05, 0.1) is 5.75 Å². The average Bonchev–Trinajstić information content (AvgIpc) is 3.30. The van der Waals surface area contributed by atoms with E-state index in [1.807, 2.05) is 30.3 Å². The first-order valence-electron chi connectivity index (χ1n) is 9.57. The summed E-state index contributed by atoms with van der Waals surface area (Å²) in [7, 11) is 1.88. The van der Waals surface area contributed by atoms with E-state index < -0.39 is 0 Å². The van der Waals surface area contributed by atoms with E-state index in [0.717, 1.165) is 59.7 Å². The van der Waals surface area contributed by atoms with Crippen LogP contribution in [0, 0.1) is 0 Å². The Hall–Kier alpha value is -2.28. The smallest absolute Gasteiger partial charge is 0.232 e. The minimum atomic E-state index is 0.146. The van der Waals surface area contributed by atoms with Crippen LogP contribution in [-0.4, -0.2) is 49.9 Å². The van der Waals surface area contributed by atoms with E-state index in [1.54, 1.807) is 0 Å². The number of aromatic amines is 1. The van der Waals surface area contributed by atoms with Gasteiger partial charge in [0.25, 0.3) is 0 Å². The summed E-state index contributed by atoms with van der Waals surface area (Å²) in [5.41, 5.74) is 2.17. The van der Waals surface area contributed by atoms with Gasteiger partial charge in [-0.3, -0.25) is 9.36 Å². The third-order valence-electron chi connectivity index (χ3n) is 5.00. The minimum Gasteiger partial charge on any atom is -0.360 e. The topological polar surface area (TPSA) is 66.8 Å². The van der Waals surface area contributed by atoms with Crippen LogP contribution in [0.15, 0.2) is 35.6 Å². The molecule has 0 bridgehead atoms. The van der Waals surface area contributed by atoms with Gasteiger partial charge in [0.15, 0.2) is 11.0 Å². The number of hydrogen-bond acceptors (Lipinski definition) is 4. The molecule has 1 amide bonds. The van der Waals surface area contributed by atoms with Crippen LogP contribution in [0.4, 0.5) is 0 Å². The first-order valence-corrected chi connectivity index (χ1v) is 10.6. The molecule has 1 fully saturated rings. The van der Waals surface area contributed by atoms with Crippen molar-refractivity contribution in [2.75, 3.05) is 19.3 Å². The van der Waals surface area contributed by atoms with Gasteiger partial charge in [0, 0.05) is 42.3 Å². The van der Waals surface area contributed by atoms with Gasteiger partial charge in [-0.15, -0.1) is 10.2 Å². The van der Waals surface area contributed by atoms with Crippen molar-refractivity contribution in [3.63, 3.8) is 0 Å². The molecule has 2 heterocycles. The van der Waals surface area contributed by atoms with Crippen LogP contribution in [0.25, 0.3) is 22.3 Å². The summed E-state index contributed by atoms with van der Waals surface area (Å²) in [6.45, 7) is 2.95. The van der Waals surface area contributed by atoms with Gasteiger partial charge in [0.1, 0.15) is 0 Å². The van der Waals surface area contributed by atoms with Crippen molar-refractivity contribution in [3.8, 4) is 11.4 Å². The van der Waals surface area contributed by atoms with Crippen molar-refractivity contribution in [1.82, 2.24) is 24.6 Å². The third kappa shape index (κ3) is 3.74. The van der Waals surface area contributed by atoms with Crippen molar-refractivity contribution < 1.29 is 4.79 Å². The highest BCUT2D eigenvalue weighted by molar-refractivity contribution is 7.99. The van der Waals surface area contributed by atoms with E-state index in [0.29, 0.717) is 11.8 Å². The van der Waals surface area contributed by atoms with Gasteiger partial charge >= 0.3 is 0 Å². The monoisotopic (exact) mass is 383 g/mol. The molecule has 7 heteroatoms. The molecule has 0 unspecified atom stereocenters. The van der Waals surface area contributed by atoms with Gasteiger partial charge in [-0.2, -0.15) is 0 Å². The lowest BCUT2D eigenvalue weighted by atomic mass is 10.1. The van der Waals surface area contributed by atoms with Gasteiger partial charge in [0.2, 0.25) is 5.91 Å². The van der Waals surface area contributed by atoms with Gasteiger partial charge < -0.3 is 9.88 Å². The van der Waals surface area contributed by atoms with E-state index in [-0.39, 0.29) is 5.91 Å². The van der Waals surface area contributed by atoms with E-state index in [4.69, 9.17) is 0 Å². The molecule has 4 rings (SSSR count). The Bertz CT molecular complexity index is 943. The molecule has 2 aromatic heterocycles. The maximum atomic E-state index is 12.4. The van der Waals surface area contributed by atoms with Crippen LogP contribution in [0.3, 0.4) is 0 Å². The summed E-state index contributed by atoms with van der Waals surface area (Å²) in [6.07, 6.45) is 6.42. The molecule has 0 saturated heterocycles. The van der Waals surface area contributed by atoms with Crippen LogP contribution in [0.1, 0.15) is 38.6 Å². The summed E-state index contributed by atoms with van der Waals surface area (Å²) in [6, 6.07) is 8.68. The molecule has 0 spiro atoms. The Labute approximate surface area is 163 Å². The Morgan fingerprint density at radius 2 is 2.15 bits per heavy atom. The number of hydrogen-bond donors (Lipinski definition) is 1. The zero-order valence-electron chi connectivity index (χ0n) is 15.8. The fraction of sp³-hybridized carbons (Fsp3) is 0.450. The standard InChI is InChI=1S/C20H25N5OS/c1-3-4-11-24(2)18(26)13-27-20-23-22-19(25(20)14-9-10-14)16-12-21-17-8-6-5-7-15(16)17/h5-8,12,14,21H,3-4,9-11,13H2,1-2H3. The lowest BCUT2D eigenvalue weighted by Gasteiger charge is -2.16. The number of benzene rings is 1. The number of aromatic nitrogens is 4. The number of nitrogens with zero attached hydrogens (tertiary/aromatic N) is 4. The second-order valence-corrected chi connectivity index (χ2v) is 8.06. The Morgan fingerprint density at radius 1 is 1.33 bits per heavy atom. The molecule has 27 heavy (non-hydrogen) atoms. The van der Waals surface area contributed by atoms with E-state index >= 15 is 0 Å². The number of unbranched alkanes of at least 4 members (excludes halogenated alkanes) is 1. The number of H-pyrrole nitrogens is 1. The number of nitrogens with one attached hydrogen (secondary N) is 1. The quantitative estimate of drug-likeness (QED) is 0.595. The number of fused-ring (bicyclic) bond motifs is 1. The van der Waals surface area contributed by atoms with Crippen LogP contribution < -0.4 is 0 Å². The molecule has 6 nitrogen and oxygen atoms in total. The molecule has 0 aliphatic heterocycles. The normalized spacial score (nSPS) is 14.0. The maximum Gasteiger partial charge on any atom is 0.232 e. The second-order valence-electron chi connectivity index (χ2n) is 7.11. The summed E-state index contributed by atoms with van der Waals surface area (Å²) >= 11 is 1.50. The molecular weight excluding hydrogens is 358 g/mol. The predicted molar refractivity (Wildman–Crippen MR) is 109 cm³/mol. The van der Waals surface area contributed by atoms with E-state index in [1.165, 1.54) is 11.8 Å². The van der Waals surface area contributed by atoms with Crippen molar-refractivity contribution in [3.05, 3.63) is 30.5 Å². The molecule has 142 valence electrons. The number of para-hydroxylation sites is 1. The van der Waals surface area contributed by atoms with Gasteiger partial charge in [-0.25, -0.2) is 0 Å². The molecule has 1 saturated carbocycles. The SMILES string of the molecule is CCCCN(C)C(=O)CSc1nnc(-c2c[nH]c3ccccc23)n1C1CC1. The van der Waals surface area contributed by atoms with Crippen LogP contribution in [-0.2, 0) is 4.79 Å². The summed E-state index contributed by atoms with van der Waals surface area (Å²) in [4.78, 5) is 17.5. The Kier molecular flexibility index (Phi) is 5.20. The first kappa shape index (κ1) is 18.1. The Balaban J connectivity index is 1.56. The Morgan fingerprint density at radius 3 is 2.93 bits per heavy atom. The van der Waals surface area contributed by atoms with Crippen molar-refractivity contribution >= 4 is 28.6 Å². The largest absolute Gasteiger partial charge is 0.360 e. The van der Waals surface area contributed by atoms with E-state index in [9.17, 15) is 4.79 Å². The highest BCUT2D eigenvalue weighted by Crippen LogP contribution is 2.42. The lowest BCUT2D eigenvalue weighted by molar-refractivity contribution is -0.127. The number of carbonyl (C=O) groups is 1. The number of thioether (sulfide) groups is 1. The fourth-order valence-corrected chi connectivity index (χ4v) is 4.18. The molecule has 1 aromatic carbocycles. The number of carbonyl (C=O) groups excluding carboxylic acids is 1. The molecule has 0 atom stereocenters. The highest BCUT2D eigenvalue weighted by atomic mass is 32.2. The second kappa shape index (κ2) is 7.76. The van der Waals surface area contributed by atoms with Crippen molar-refractivity contribution in [2.24, 2.45) is 0 Å². The zero-order valence-corrected chi connectivity index (χ0v) is 16.6. The van der Waals surface area contributed by atoms with Crippen molar-refractivity contribution in [2.45, 2.75) is 43.8 Å². The maximum absolute atomic E-state index is 12.4. The molecular formula is C20H25N5OS. The third-order valence-corrected chi connectivity index (χ3v) is 5.93. The summed E-state index contributed by atoms with van der Waals surface area (Å²) in [5.74, 6) is 1.44. The molecule has 0 radical (unpaired) electrons. The average molecular weight is 384 g/mol. The van der Waals surface area contributed by atoms with Gasteiger partial charge in [-0.05, 0) is 25.3 Å². The summed E-state index contributed by atoms with van der Waals surface area (Å²) < 4.78 is 2.22. The van der Waals surface area contributed by atoms with Gasteiger partial charge in [-0.1, -0.05) is 43.3 Å². The highest BCUT2D eigenvalue weighted by Gasteiger charge is 2.31. The zero-order chi connectivity index (χ0) is 18.8. The van der Waals surface area contributed by atoms with Crippen LogP contribution in [0.2, 0.25) is 0 Å². The van der Waals surface area contributed by atoms with Crippen LogP contribution >= 0.6 is 11.8 Å². The van der Waals surface area contributed by atoms with E-state index in [2.05, 4.69) is 38.8 Å². The summed E-state index contributed by atoms with van der Waals surface area (Å²) in [5, 5.41) is 10.9. The molecule has 3 aromatic rings. The number of amides is 1.